The van der Waals surface area contributed by atoms with Crippen LogP contribution < -0.4 is 10.6 Å². The van der Waals surface area contributed by atoms with E-state index < -0.39 is 12.0 Å². The van der Waals surface area contributed by atoms with Gasteiger partial charge in [0.25, 0.3) is 0 Å². The summed E-state index contributed by atoms with van der Waals surface area (Å²) >= 11 is 0. The van der Waals surface area contributed by atoms with Crippen molar-refractivity contribution in [2.45, 2.75) is 71.5 Å². The lowest BCUT2D eigenvalue weighted by atomic mass is 9.50. The zero-order valence-electron chi connectivity index (χ0n) is 23.8. The summed E-state index contributed by atoms with van der Waals surface area (Å²) in [7, 11) is 0. The number of pyridine rings is 2. The van der Waals surface area contributed by atoms with Gasteiger partial charge in [-0.15, -0.1) is 5.10 Å². The molecule has 208 valence electrons. The average molecular weight is 550 g/mol. The molecule has 2 atom stereocenters. The standard InChI is InChI=1S/C31H32FN9/c1-17-23(6-7-26(32)36-17)29(25-16-41(40-39-25)31-10-19(11-31)12-31)38-22-8-20(13-33)27-24(9-22)28(21(14-34)15-35-27)37-18(2)30(3,4)5/h6-9,15-16,18-19,29,38H,10-12H2,1-5H3,(H,35,37). The van der Waals surface area contributed by atoms with Gasteiger partial charge in [-0.1, -0.05) is 32.1 Å². The quantitative estimate of drug-likeness (QED) is 0.270. The van der Waals surface area contributed by atoms with Crippen LogP contribution in [0.3, 0.4) is 0 Å². The molecule has 3 aliphatic carbocycles. The lowest BCUT2D eigenvalue weighted by Crippen LogP contribution is -2.59. The van der Waals surface area contributed by atoms with Crippen LogP contribution in [0.25, 0.3) is 10.9 Å². The maximum Gasteiger partial charge on any atom is 0.213 e. The van der Waals surface area contributed by atoms with Crippen LogP contribution in [-0.2, 0) is 5.54 Å². The molecule has 0 amide bonds. The van der Waals surface area contributed by atoms with Gasteiger partial charge in [-0.2, -0.15) is 14.9 Å². The summed E-state index contributed by atoms with van der Waals surface area (Å²) in [5.74, 6) is 0.233. The Morgan fingerprint density at radius 3 is 2.44 bits per heavy atom. The second-order valence-corrected chi connectivity index (χ2v) is 12.6. The minimum absolute atomic E-state index is 0.0232. The van der Waals surface area contributed by atoms with Crippen molar-refractivity contribution in [1.29, 1.82) is 10.5 Å². The second-order valence-electron chi connectivity index (χ2n) is 12.6. The molecule has 3 aromatic heterocycles. The number of rotatable bonds is 7. The second kappa shape index (κ2) is 9.52. The lowest BCUT2D eigenvalue weighted by molar-refractivity contribution is -0.0989. The van der Waals surface area contributed by atoms with E-state index in [4.69, 9.17) is 0 Å². The lowest BCUT2D eigenvalue weighted by Gasteiger charge is -2.61. The number of aromatic nitrogens is 5. The summed E-state index contributed by atoms with van der Waals surface area (Å²) in [6.45, 7) is 10.2. The molecular formula is C31H32FN9. The Morgan fingerprint density at radius 2 is 1.83 bits per heavy atom. The van der Waals surface area contributed by atoms with E-state index in [9.17, 15) is 14.9 Å². The minimum Gasteiger partial charge on any atom is -0.380 e. The van der Waals surface area contributed by atoms with E-state index in [1.165, 1.54) is 12.3 Å². The van der Waals surface area contributed by atoms with Crippen molar-refractivity contribution in [1.82, 2.24) is 25.0 Å². The third kappa shape index (κ3) is 4.54. The number of nitriles is 2. The normalized spacial score (nSPS) is 20.7. The zero-order chi connectivity index (χ0) is 29.1. The Hall–Kier alpha value is -4.57. The van der Waals surface area contributed by atoms with E-state index in [-0.39, 0.29) is 17.0 Å². The highest BCUT2D eigenvalue weighted by atomic mass is 19.1. The van der Waals surface area contributed by atoms with Gasteiger partial charge in [-0.25, -0.2) is 9.67 Å². The van der Waals surface area contributed by atoms with Crippen LogP contribution in [0, 0.1) is 46.9 Å². The molecule has 0 saturated heterocycles. The molecule has 2 unspecified atom stereocenters. The van der Waals surface area contributed by atoms with Crippen molar-refractivity contribution < 1.29 is 4.39 Å². The molecule has 0 aliphatic heterocycles. The highest BCUT2D eigenvalue weighted by Crippen LogP contribution is 2.62. The third-order valence-electron chi connectivity index (χ3n) is 8.89. The van der Waals surface area contributed by atoms with Crippen LogP contribution in [0.5, 0.6) is 0 Å². The van der Waals surface area contributed by atoms with Gasteiger partial charge >= 0.3 is 0 Å². The van der Waals surface area contributed by atoms with E-state index >= 15 is 0 Å². The highest BCUT2D eigenvalue weighted by molar-refractivity contribution is 5.99. The zero-order valence-corrected chi connectivity index (χ0v) is 23.8. The molecule has 4 aromatic rings. The molecule has 2 N–H and O–H groups in total. The predicted molar refractivity (Wildman–Crippen MR) is 153 cm³/mol. The molecule has 1 aromatic carbocycles. The van der Waals surface area contributed by atoms with Crippen molar-refractivity contribution in [3.63, 3.8) is 0 Å². The molecule has 3 heterocycles. The fourth-order valence-corrected chi connectivity index (χ4v) is 5.82. The van der Waals surface area contributed by atoms with Gasteiger partial charge in [0, 0.05) is 34.6 Å². The van der Waals surface area contributed by atoms with Crippen molar-refractivity contribution in [3.8, 4) is 12.1 Å². The fraction of sp³-hybridized carbons (Fsp3) is 0.419. The Balaban J connectivity index is 1.46. The fourth-order valence-electron chi connectivity index (χ4n) is 5.82. The summed E-state index contributed by atoms with van der Waals surface area (Å²) in [6.07, 6.45) is 6.84. The molecule has 3 aliphatic rings. The molecule has 2 bridgehead atoms. The van der Waals surface area contributed by atoms with E-state index in [0.717, 1.165) is 30.7 Å². The number of nitrogens with one attached hydrogen (secondary N) is 2. The number of halogens is 1. The first-order valence-electron chi connectivity index (χ1n) is 13.9. The van der Waals surface area contributed by atoms with Crippen molar-refractivity contribution in [2.24, 2.45) is 11.3 Å². The van der Waals surface area contributed by atoms with E-state index in [0.29, 0.717) is 44.8 Å². The number of hydrogen-bond acceptors (Lipinski definition) is 8. The molecule has 10 heteroatoms. The van der Waals surface area contributed by atoms with Crippen LogP contribution in [0.1, 0.15) is 81.1 Å². The number of fused-ring (bicyclic) bond motifs is 1. The van der Waals surface area contributed by atoms with Crippen molar-refractivity contribution >= 4 is 22.3 Å². The predicted octanol–water partition coefficient (Wildman–Crippen LogP) is 5.97. The van der Waals surface area contributed by atoms with Gasteiger partial charge in [-0.3, -0.25) is 4.98 Å². The van der Waals surface area contributed by atoms with Gasteiger partial charge < -0.3 is 10.6 Å². The first-order chi connectivity index (χ1) is 19.5. The topological polar surface area (TPSA) is 128 Å². The summed E-state index contributed by atoms with van der Waals surface area (Å²) < 4.78 is 16.0. The van der Waals surface area contributed by atoms with Gasteiger partial charge in [0.05, 0.1) is 40.1 Å². The SMILES string of the molecule is Cc1nc(F)ccc1C(Nc1cc(C#N)c2ncc(C#N)c(NC(C)C(C)(C)C)c2c1)c1cn(C23CC(C2)C3)nn1. The van der Waals surface area contributed by atoms with E-state index in [1.54, 1.807) is 19.1 Å². The molecule has 0 spiro atoms. The maximum atomic E-state index is 14.0. The van der Waals surface area contributed by atoms with Crippen LogP contribution in [0.4, 0.5) is 15.8 Å². The molecule has 3 saturated carbocycles. The summed E-state index contributed by atoms with van der Waals surface area (Å²) in [5, 5.41) is 36.7. The number of benzene rings is 1. The van der Waals surface area contributed by atoms with E-state index in [1.807, 2.05) is 16.9 Å². The van der Waals surface area contributed by atoms with Crippen LogP contribution in [-0.4, -0.2) is 31.0 Å². The van der Waals surface area contributed by atoms with Crippen LogP contribution in [0.15, 0.2) is 36.7 Å². The molecule has 7 rings (SSSR count). The van der Waals surface area contributed by atoms with Gasteiger partial charge in [0.15, 0.2) is 0 Å². The minimum atomic E-state index is -0.557. The summed E-state index contributed by atoms with van der Waals surface area (Å²) in [4.78, 5) is 8.53. The number of hydrogen-bond donors (Lipinski definition) is 2. The van der Waals surface area contributed by atoms with Gasteiger partial charge in [-0.05, 0) is 62.6 Å². The van der Waals surface area contributed by atoms with Crippen LogP contribution >= 0.6 is 0 Å². The molecule has 3 fully saturated rings. The van der Waals surface area contributed by atoms with E-state index in [2.05, 4.69) is 70.7 Å². The first-order valence-corrected chi connectivity index (χ1v) is 13.9. The Bertz CT molecular complexity index is 1740. The van der Waals surface area contributed by atoms with Crippen LogP contribution in [0.2, 0.25) is 0 Å². The average Bonchev–Trinajstić information content (AvgIpc) is 3.34. The number of anilines is 2. The Labute approximate surface area is 238 Å². The van der Waals surface area contributed by atoms with Crippen molar-refractivity contribution in [2.75, 3.05) is 10.6 Å². The number of nitrogens with zero attached hydrogens (tertiary/aromatic N) is 7. The summed E-state index contributed by atoms with van der Waals surface area (Å²) in [5.41, 5.74) is 4.46. The molecule has 9 nitrogen and oxygen atoms in total. The molecular weight excluding hydrogens is 517 g/mol. The van der Waals surface area contributed by atoms with Gasteiger partial charge in [0.1, 0.15) is 17.8 Å². The maximum absolute atomic E-state index is 14.0. The smallest absolute Gasteiger partial charge is 0.213 e. The molecule has 41 heavy (non-hydrogen) atoms. The Kier molecular flexibility index (Phi) is 6.18. The monoisotopic (exact) mass is 549 g/mol. The van der Waals surface area contributed by atoms with Crippen molar-refractivity contribution in [3.05, 3.63) is 70.7 Å². The molecule has 0 radical (unpaired) electrons. The first kappa shape index (κ1) is 26.6. The summed E-state index contributed by atoms with van der Waals surface area (Å²) in [6, 6.07) is 10.7. The third-order valence-corrected chi connectivity index (χ3v) is 8.89. The number of aryl methyl sites for hydroxylation is 1. The van der Waals surface area contributed by atoms with Gasteiger partial charge in [0.2, 0.25) is 5.95 Å². The highest BCUT2D eigenvalue weighted by Gasteiger charge is 2.59. The Morgan fingerprint density at radius 1 is 1.10 bits per heavy atom. The largest absolute Gasteiger partial charge is 0.380 e.